The molecular formula is C13H14N4O5S. The fourth-order valence-corrected chi connectivity index (χ4v) is 2.86. The van der Waals surface area contributed by atoms with E-state index in [4.69, 9.17) is 0 Å². The second kappa shape index (κ2) is 6.57. The lowest BCUT2D eigenvalue weighted by atomic mass is 10.3. The first-order chi connectivity index (χ1) is 10.8. The first kappa shape index (κ1) is 16.6. The predicted molar refractivity (Wildman–Crippen MR) is 82.6 cm³/mol. The van der Waals surface area contributed by atoms with Crippen LogP contribution < -0.4 is 5.32 Å². The molecule has 1 amide bonds. The van der Waals surface area contributed by atoms with Crippen LogP contribution in [-0.2, 0) is 16.1 Å². The number of methoxy groups -OCH3 is 1. The molecule has 0 saturated heterocycles. The molecule has 23 heavy (non-hydrogen) atoms. The lowest BCUT2D eigenvalue weighted by molar-refractivity contribution is -0.385. The normalized spacial score (nSPS) is 10.4. The van der Waals surface area contributed by atoms with Gasteiger partial charge in [0.05, 0.1) is 17.6 Å². The number of ether oxygens (including phenoxy) is 1. The molecule has 0 aliphatic carbocycles. The lowest BCUT2D eigenvalue weighted by Gasteiger charge is -2.06. The molecule has 9 nitrogen and oxygen atoms in total. The van der Waals surface area contributed by atoms with E-state index >= 15 is 0 Å². The van der Waals surface area contributed by atoms with Gasteiger partial charge in [-0.15, -0.1) is 11.3 Å². The van der Waals surface area contributed by atoms with Crippen molar-refractivity contribution < 1.29 is 19.2 Å². The van der Waals surface area contributed by atoms with Gasteiger partial charge in [-0.25, -0.2) is 4.79 Å². The van der Waals surface area contributed by atoms with E-state index in [1.54, 1.807) is 13.0 Å². The number of aryl methyl sites for hydroxylation is 1. The number of rotatable bonds is 5. The van der Waals surface area contributed by atoms with Gasteiger partial charge in [0, 0.05) is 4.88 Å². The fourth-order valence-electron chi connectivity index (χ4n) is 1.95. The molecule has 10 heteroatoms. The zero-order valence-corrected chi connectivity index (χ0v) is 13.5. The highest BCUT2D eigenvalue weighted by molar-refractivity contribution is 7.16. The van der Waals surface area contributed by atoms with Crippen molar-refractivity contribution in [2.75, 3.05) is 12.4 Å². The zero-order valence-electron chi connectivity index (χ0n) is 12.7. The van der Waals surface area contributed by atoms with Crippen LogP contribution in [0.4, 0.5) is 10.7 Å². The smallest absolute Gasteiger partial charge is 0.340 e. The maximum atomic E-state index is 12.1. The first-order valence-corrected chi connectivity index (χ1v) is 7.30. The molecule has 122 valence electrons. The third-order valence-electron chi connectivity index (χ3n) is 3.08. The van der Waals surface area contributed by atoms with Gasteiger partial charge in [0.1, 0.15) is 23.4 Å². The Morgan fingerprint density at radius 2 is 2.17 bits per heavy atom. The van der Waals surface area contributed by atoms with Crippen LogP contribution in [-0.4, -0.2) is 33.7 Å². The maximum Gasteiger partial charge on any atom is 0.340 e. The summed E-state index contributed by atoms with van der Waals surface area (Å²) < 4.78 is 5.89. The molecule has 2 aromatic rings. The van der Waals surface area contributed by atoms with Crippen molar-refractivity contribution in [3.8, 4) is 0 Å². The Morgan fingerprint density at radius 3 is 2.74 bits per heavy atom. The molecule has 0 aromatic carbocycles. The lowest BCUT2D eigenvalue weighted by Crippen LogP contribution is -2.21. The molecule has 2 heterocycles. The Morgan fingerprint density at radius 1 is 1.48 bits per heavy atom. The van der Waals surface area contributed by atoms with Crippen LogP contribution in [0.25, 0.3) is 0 Å². The summed E-state index contributed by atoms with van der Waals surface area (Å²) in [6, 6.07) is 1.62. The minimum absolute atomic E-state index is 0.153. The van der Waals surface area contributed by atoms with E-state index in [9.17, 15) is 19.7 Å². The Kier molecular flexibility index (Phi) is 4.74. The Hall–Kier alpha value is -2.75. The summed E-state index contributed by atoms with van der Waals surface area (Å²) >= 11 is 1.24. The molecule has 0 saturated carbocycles. The monoisotopic (exact) mass is 338 g/mol. The van der Waals surface area contributed by atoms with Crippen molar-refractivity contribution in [2.24, 2.45) is 0 Å². The van der Waals surface area contributed by atoms with Crippen LogP contribution in [0, 0.1) is 24.0 Å². The molecule has 1 N–H and O–H groups in total. The minimum Gasteiger partial charge on any atom is -0.465 e. The molecule has 0 unspecified atom stereocenters. The SMILES string of the molecule is COC(=O)c1cc(C)sc1NC(=O)Cn1ncc([N+](=O)[O-])c1C. The third-order valence-corrected chi connectivity index (χ3v) is 4.05. The van der Waals surface area contributed by atoms with Crippen LogP contribution in [0.15, 0.2) is 12.3 Å². The fraction of sp³-hybridized carbons (Fsp3) is 0.308. The summed E-state index contributed by atoms with van der Waals surface area (Å²) in [6.07, 6.45) is 1.10. The van der Waals surface area contributed by atoms with Crippen LogP contribution in [0.3, 0.4) is 0 Å². The average Bonchev–Trinajstić information content (AvgIpc) is 3.02. The molecule has 0 aliphatic rings. The first-order valence-electron chi connectivity index (χ1n) is 6.49. The van der Waals surface area contributed by atoms with Gasteiger partial charge in [-0.3, -0.25) is 19.6 Å². The van der Waals surface area contributed by atoms with E-state index in [1.165, 1.54) is 30.1 Å². The van der Waals surface area contributed by atoms with Crippen molar-refractivity contribution >= 4 is 33.9 Å². The number of hydrogen-bond donors (Lipinski definition) is 1. The van der Waals surface area contributed by atoms with E-state index < -0.39 is 16.8 Å². The molecule has 0 bridgehead atoms. The number of anilines is 1. The topological polar surface area (TPSA) is 116 Å². The number of carbonyl (C=O) groups excluding carboxylic acids is 2. The van der Waals surface area contributed by atoms with E-state index in [1.807, 2.05) is 0 Å². The maximum absolute atomic E-state index is 12.1. The number of amides is 1. The predicted octanol–water partition coefficient (Wildman–Crippen LogP) is 1.89. The second-order valence-corrected chi connectivity index (χ2v) is 5.93. The average molecular weight is 338 g/mol. The van der Waals surface area contributed by atoms with Gasteiger partial charge < -0.3 is 10.1 Å². The molecule has 2 rings (SSSR count). The highest BCUT2D eigenvalue weighted by Gasteiger charge is 2.20. The molecular weight excluding hydrogens is 324 g/mol. The number of esters is 1. The number of thiophene rings is 1. The van der Waals surface area contributed by atoms with Gasteiger partial charge in [-0.1, -0.05) is 0 Å². The summed E-state index contributed by atoms with van der Waals surface area (Å²) in [5, 5.41) is 17.6. The molecule has 0 radical (unpaired) electrons. The van der Waals surface area contributed by atoms with Gasteiger partial charge in [0.25, 0.3) is 0 Å². The van der Waals surface area contributed by atoms with E-state index in [2.05, 4.69) is 15.2 Å². The summed E-state index contributed by atoms with van der Waals surface area (Å²) in [5.74, 6) is -0.992. The summed E-state index contributed by atoms with van der Waals surface area (Å²) in [6.45, 7) is 3.11. The van der Waals surface area contributed by atoms with Crippen molar-refractivity contribution in [1.29, 1.82) is 0 Å². The van der Waals surface area contributed by atoms with E-state index in [-0.39, 0.29) is 23.5 Å². The zero-order chi connectivity index (χ0) is 17.1. The Balaban J connectivity index is 2.15. The van der Waals surface area contributed by atoms with E-state index in [0.29, 0.717) is 5.00 Å². The van der Waals surface area contributed by atoms with Gasteiger partial charge in [-0.05, 0) is 19.9 Å². The standard InChI is InChI=1S/C13H14N4O5S/c1-7-4-9(13(19)22-3)12(23-7)15-11(18)6-16-8(2)10(5-14-16)17(20)21/h4-5H,6H2,1-3H3,(H,15,18). The molecule has 0 fully saturated rings. The number of nitrogens with zero attached hydrogens (tertiary/aromatic N) is 3. The van der Waals surface area contributed by atoms with Gasteiger partial charge in [0.2, 0.25) is 5.91 Å². The summed E-state index contributed by atoms with van der Waals surface area (Å²) in [4.78, 5) is 34.8. The number of nitro groups is 1. The van der Waals surface area contributed by atoms with Crippen molar-refractivity contribution in [3.05, 3.63) is 38.5 Å². The van der Waals surface area contributed by atoms with Crippen LogP contribution in [0.1, 0.15) is 20.9 Å². The largest absolute Gasteiger partial charge is 0.465 e. The Bertz CT molecular complexity index is 779. The second-order valence-electron chi connectivity index (χ2n) is 4.67. The number of nitrogens with one attached hydrogen (secondary N) is 1. The van der Waals surface area contributed by atoms with Gasteiger partial charge >= 0.3 is 11.7 Å². The minimum atomic E-state index is -0.561. The molecule has 0 aliphatic heterocycles. The number of carbonyl (C=O) groups is 2. The molecule has 2 aromatic heterocycles. The van der Waals surface area contributed by atoms with Crippen LogP contribution in [0.2, 0.25) is 0 Å². The Labute approximate surface area is 135 Å². The van der Waals surface area contributed by atoms with E-state index in [0.717, 1.165) is 11.1 Å². The number of hydrogen-bond acceptors (Lipinski definition) is 7. The highest BCUT2D eigenvalue weighted by Crippen LogP contribution is 2.28. The van der Waals surface area contributed by atoms with Gasteiger partial charge in [-0.2, -0.15) is 5.10 Å². The van der Waals surface area contributed by atoms with Crippen LogP contribution >= 0.6 is 11.3 Å². The molecule has 0 atom stereocenters. The number of aromatic nitrogens is 2. The van der Waals surface area contributed by atoms with Gasteiger partial charge in [0.15, 0.2) is 0 Å². The van der Waals surface area contributed by atoms with Crippen molar-refractivity contribution in [2.45, 2.75) is 20.4 Å². The van der Waals surface area contributed by atoms with Crippen LogP contribution in [0.5, 0.6) is 0 Å². The summed E-state index contributed by atoms with van der Waals surface area (Å²) in [7, 11) is 1.26. The van der Waals surface area contributed by atoms with Crippen molar-refractivity contribution in [3.63, 3.8) is 0 Å². The van der Waals surface area contributed by atoms with Crippen molar-refractivity contribution in [1.82, 2.24) is 9.78 Å². The summed E-state index contributed by atoms with van der Waals surface area (Å²) in [5.41, 5.74) is 0.396. The third kappa shape index (κ3) is 3.54. The quantitative estimate of drug-likeness (QED) is 0.505. The molecule has 0 spiro atoms. The highest BCUT2D eigenvalue weighted by atomic mass is 32.1.